The molecular weight excluding hydrogens is 716 g/mol. The molecule has 1 fully saturated rings. The SMILES string of the molecule is CN(C)c1ccc2c(-c3ccc(C(=O)NCCOCCOCCOCCOCCNC(=O)C4CC5C=CC4C5)cc3C(=O)O)c3ccc(=[N+](C)C)cc-3oc2c1. The van der Waals surface area contributed by atoms with Crippen molar-refractivity contribution < 1.29 is 42.9 Å². The molecule has 0 spiro atoms. The van der Waals surface area contributed by atoms with Crippen molar-refractivity contribution in [2.75, 3.05) is 99.0 Å². The molecule has 2 amide bonds. The summed E-state index contributed by atoms with van der Waals surface area (Å²) in [5, 5.41) is 17.9. The minimum Gasteiger partial charge on any atom is -0.478 e. The molecule has 2 bridgehead atoms. The molecule has 0 saturated heterocycles. The van der Waals surface area contributed by atoms with Gasteiger partial charge in [0.2, 0.25) is 11.3 Å². The molecule has 4 aliphatic rings. The number of nitrogens with one attached hydrogen (secondary N) is 2. The Morgan fingerprint density at radius 2 is 1.45 bits per heavy atom. The van der Waals surface area contributed by atoms with E-state index < -0.39 is 11.9 Å². The highest BCUT2D eigenvalue weighted by Crippen LogP contribution is 2.44. The number of amides is 2. The maximum absolute atomic E-state index is 13.1. The first-order chi connectivity index (χ1) is 27.1. The molecule has 298 valence electrons. The number of hydrogen-bond donors (Lipinski definition) is 3. The summed E-state index contributed by atoms with van der Waals surface area (Å²) < 4.78 is 30.6. The second-order valence-corrected chi connectivity index (χ2v) is 14.6. The van der Waals surface area contributed by atoms with E-state index in [9.17, 15) is 19.5 Å². The van der Waals surface area contributed by atoms with Crippen LogP contribution in [0.1, 0.15) is 33.6 Å². The monoisotopic (exact) mass is 769 g/mol. The normalized spacial score (nSPS) is 17.1. The third-order valence-electron chi connectivity index (χ3n) is 10.3. The average molecular weight is 770 g/mol. The van der Waals surface area contributed by atoms with E-state index in [1.807, 2.05) is 74.1 Å². The predicted octanol–water partition coefficient (Wildman–Crippen LogP) is 4.13. The van der Waals surface area contributed by atoms with Gasteiger partial charge in [0, 0.05) is 73.0 Å². The van der Waals surface area contributed by atoms with E-state index in [0.717, 1.165) is 40.4 Å². The summed E-state index contributed by atoms with van der Waals surface area (Å²) in [4.78, 5) is 40.1. The van der Waals surface area contributed by atoms with Crippen LogP contribution in [-0.4, -0.2) is 117 Å². The van der Waals surface area contributed by atoms with Crippen LogP contribution >= 0.6 is 0 Å². The molecule has 1 heterocycles. The molecule has 13 heteroatoms. The largest absolute Gasteiger partial charge is 0.478 e. The Morgan fingerprint density at radius 1 is 0.786 bits per heavy atom. The van der Waals surface area contributed by atoms with Gasteiger partial charge in [0.05, 0.1) is 64.5 Å². The molecule has 1 saturated carbocycles. The van der Waals surface area contributed by atoms with Crippen molar-refractivity contribution in [2.45, 2.75) is 12.8 Å². The van der Waals surface area contributed by atoms with Crippen LogP contribution in [0.2, 0.25) is 0 Å². The number of rotatable bonds is 20. The molecular formula is C43H53N4O9+. The molecule has 3 aliphatic carbocycles. The van der Waals surface area contributed by atoms with Crippen LogP contribution in [0.15, 0.2) is 71.2 Å². The Morgan fingerprint density at radius 3 is 2.05 bits per heavy atom. The first-order valence-electron chi connectivity index (χ1n) is 19.2. The third kappa shape index (κ3) is 10.0. The van der Waals surface area contributed by atoms with Crippen molar-refractivity contribution in [3.63, 3.8) is 0 Å². The molecule has 0 aromatic heterocycles. The summed E-state index contributed by atoms with van der Waals surface area (Å²) in [7, 11) is 7.79. The molecule has 3 unspecified atom stereocenters. The van der Waals surface area contributed by atoms with Gasteiger partial charge < -0.3 is 44.0 Å². The van der Waals surface area contributed by atoms with Gasteiger partial charge in [-0.15, -0.1) is 0 Å². The van der Waals surface area contributed by atoms with E-state index in [-0.39, 0.29) is 36.1 Å². The van der Waals surface area contributed by atoms with Crippen LogP contribution in [0.3, 0.4) is 0 Å². The highest BCUT2D eigenvalue weighted by atomic mass is 16.6. The number of fused-ring (bicyclic) bond motifs is 4. The topological polar surface area (TPSA) is 152 Å². The van der Waals surface area contributed by atoms with Crippen LogP contribution in [0.4, 0.5) is 5.69 Å². The Kier molecular flexibility index (Phi) is 13.9. The van der Waals surface area contributed by atoms with E-state index in [0.29, 0.717) is 81.5 Å². The van der Waals surface area contributed by atoms with Gasteiger partial charge in [0.15, 0.2) is 0 Å². The molecule has 2 aromatic carbocycles. The lowest BCUT2D eigenvalue weighted by atomic mass is 9.89. The van der Waals surface area contributed by atoms with Crippen molar-refractivity contribution in [1.82, 2.24) is 15.2 Å². The third-order valence-corrected chi connectivity index (χ3v) is 10.3. The minimum absolute atomic E-state index is 0.00827. The predicted molar refractivity (Wildman–Crippen MR) is 214 cm³/mol. The fraction of sp³-hybridized carbons (Fsp3) is 0.442. The van der Waals surface area contributed by atoms with Gasteiger partial charge in [-0.05, 0) is 60.6 Å². The van der Waals surface area contributed by atoms with Gasteiger partial charge in [-0.1, -0.05) is 18.2 Å². The van der Waals surface area contributed by atoms with Gasteiger partial charge in [0.25, 0.3) is 5.91 Å². The number of anilines is 1. The number of ether oxygens (including phenoxy) is 4. The van der Waals surface area contributed by atoms with Gasteiger partial charge >= 0.3 is 5.97 Å². The van der Waals surface area contributed by atoms with Crippen molar-refractivity contribution in [3.05, 3.63) is 83.2 Å². The average Bonchev–Trinajstić information content (AvgIpc) is 3.83. The second kappa shape index (κ2) is 19.2. The summed E-state index contributed by atoms with van der Waals surface area (Å²) in [6, 6.07) is 16.4. The molecule has 3 atom stereocenters. The Hall–Kier alpha value is -5.08. The Balaban J connectivity index is 0.911. The van der Waals surface area contributed by atoms with Gasteiger partial charge in [-0.2, -0.15) is 0 Å². The minimum atomic E-state index is -1.14. The number of nitrogens with zero attached hydrogens (tertiary/aromatic N) is 2. The number of hydrogen-bond acceptors (Lipinski definition) is 9. The molecule has 0 radical (unpaired) electrons. The fourth-order valence-electron chi connectivity index (χ4n) is 7.35. The van der Waals surface area contributed by atoms with Crippen LogP contribution in [0.25, 0.3) is 33.4 Å². The standard InChI is InChI=1S/C43H52N4O9/c1-46(2)31-8-11-34-38(26-31)56-39-27-32(47(3)4)9-12-35(39)40(34)33-10-7-30(25-37(33)43(50)51)41(48)44-13-15-52-17-19-54-21-22-55-20-18-53-16-14-45-42(49)36-24-28-5-6-29(36)23-28/h5-12,25-29,36H,13-24H2,1-4H3,(H2-,44,45,48,49,50,51)/p+1. The molecule has 56 heavy (non-hydrogen) atoms. The van der Waals surface area contributed by atoms with Crippen molar-refractivity contribution >= 4 is 34.4 Å². The summed E-state index contributed by atoms with van der Waals surface area (Å²) in [5.41, 5.74) is 3.76. The van der Waals surface area contributed by atoms with Gasteiger partial charge in [-0.3, -0.25) is 9.59 Å². The van der Waals surface area contributed by atoms with E-state index in [4.69, 9.17) is 23.4 Å². The van der Waals surface area contributed by atoms with Gasteiger partial charge in [-0.25, -0.2) is 9.37 Å². The Labute approximate surface area is 327 Å². The van der Waals surface area contributed by atoms with Crippen molar-refractivity contribution in [1.29, 1.82) is 0 Å². The number of carbonyl (C=O) groups excluding carboxylic acids is 2. The lowest BCUT2D eigenvalue weighted by Crippen LogP contribution is -2.35. The zero-order valence-electron chi connectivity index (χ0n) is 32.7. The highest BCUT2D eigenvalue weighted by Gasteiger charge is 2.39. The summed E-state index contributed by atoms with van der Waals surface area (Å²) in [6.07, 6.45) is 6.49. The van der Waals surface area contributed by atoms with Crippen LogP contribution in [0.5, 0.6) is 0 Å². The summed E-state index contributed by atoms with van der Waals surface area (Å²) >= 11 is 0. The zero-order chi connectivity index (χ0) is 39.6. The number of allylic oxidation sites excluding steroid dienone is 2. The fourth-order valence-corrected chi connectivity index (χ4v) is 7.35. The number of aromatic carboxylic acids is 1. The van der Waals surface area contributed by atoms with Crippen LogP contribution in [-0.2, 0) is 23.7 Å². The van der Waals surface area contributed by atoms with E-state index in [1.165, 1.54) is 6.07 Å². The first kappa shape index (κ1) is 40.6. The lowest BCUT2D eigenvalue weighted by Gasteiger charge is -2.19. The highest BCUT2D eigenvalue weighted by molar-refractivity contribution is 6.09. The molecule has 3 N–H and O–H groups in total. The van der Waals surface area contributed by atoms with E-state index in [1.54, 1.807) is 12.1 Å². The van der Waals surface area contributed by atoms with E-state index in [2.05, 4.69) is 22.8 Å². The smallest absolute Gasteiger partial charge is 0.336 e. The zero-order valence-corrected chi connectivity index (χ0v) is 32.7. The molecule has 1 aliphatic heterocycles. The van der Waals surface area contributed by atoms with Crippen LogP contribution in [0, 0.1) is 17.8 Å². The van der Waals surface area contributed by atoms with E-state index >= 15 is 0 Å². The second-order valence-electron chi connectivity index (χ2n) is 14.6. The molecule has 13 nitrogen and oxygen atoms in total. The molecule has 6 rings (SSSR count). The quantitative estimate of drug-likeness (QED) is 0.0519. The number of carboxylic acid groups (broad SMARTS) is 1. The first-order valence-corrected chi connectivity index (χ1v) is 19.2. The van der Waals surface area contributed by atoms with Crippen molar-refractivity contribution in [3.8, 4) is 22.5 Å². The maximum atomic E-state index is 13.1. The number of carbonyl (C=O) groups is 3. The number of benzene rings is 3. The van der Waals surface area contributed by atoms with Gasteiger partial charge in [0.1, 0.15) is 25.4 Å². The van der Waals surface area contributed by atoms with Crippen LogP contribution < -0.4 is 25.5 Å². The number of carboxylic acids is 1. The molecule has 2 aromatic rings. The maximum Gasteiger partial charge on any atom is 0.336 e. The summed E-state index contributed by atoms with van der Waals surface area (Å²) in [6.45, 7) is 3.89. The Bertz CT molecular complexity index is 2090. The van der Waals surface area contributed by atoms with Crippen molar-refractivity contribution in [2.24, 2.45) is 17.8 Å². The lowest BCUT2D eigenvalue weighted by molar-refractivity contribution is -0.126. The summed E-state index contributed by atoms with van der Waals surface area (Å²) in [5.74, 6) is 0.299.